The quantitative estimate of drug-likeness (QED) is 0.827. The van der Waals surface area contributed by atoms with Crippen molar-refractivity contribution in [3.8, 4) is 0 Å². The van der Waals surface area contributed by atoms with Gasteiger partial charge in [0, 0.05) is 25.2 Å². The predicted octanol–water partition coefficient (Wildman–Crippen LogP) is 2.60. The van der Waals surface area contributed by atoms with E-state index < -0.39 is 12.5 Å². The molecule has 1 aromatic rings. The van der Waals surface area contributed by atoms with Crippen molar-refractivity contribution in [2.45, 2.75) is 26.0 Å². The Bertz CT molecular complexity index is 411. The fourth-order valence-electron chi connectivity index (χ4n) is 2.09. The van der Waals surface area contributed by atoms with Gasteiger partial charge >= 0.3 is 0 Å². The normalized spacial score (nSPS) is 21.5. The highest BCUT2D eigenvalue weighted by Gasteiger charge is 2.28. The first-order valence-corrected chi connectivity index (χ1v) is 5.93. The first kappa shape index (κ1) is 13.4. The van der Waals surface area contributed by atoms with Crippen LogP contribution in [0.5, 0.6) is 0 Å². The summed E-state index contributed by atoms with van der Waals surface area (Å²) in [5.74, 6) is -0.291. The molecule has 1 aliphatic heterocycles. The van der Waals surface area contributed by atoms with Crippen molar-refractivity contribution in [1.82, 2.24) is 4.90 Å². The first-order chi connectivity index (χ1) is 8.56. The summed E-state index contributed by atoms with van der Waals surface area (Å²) in [6.45, 7) is 3.19. The largest absolute Gasteiger partial charge is 0.370 e. The lowest BCUT2D eigenvalue weighted by molar-refractivity contribution is -0.104. The van der Waals surface area contributed by atoms with Gasteiger partial charge in [-0.05, 0) is 13.0 Å². The van der Waals surface area contributed by atoms with E-state index in [2.05, 4.69) is 0 Å². The molecule has 18 heavy (non-hydrogen) atoms. The maximum atomic E-state index is 13.6. The van der Waals surface area contributed by atoms with Gasteiger partial charge < -0.3 is 4.74 Å². The van der Waals surface area contributed by atoms with Crippen LogP contribution in [0, 0.1) is 12.7 Å². The maximum Gasteiger partial charge on any atom is 0.265 e. The molecule has 0 spiro atoms. The number of benzene rings is 1. The molecule has 1 unspecified atom stereocenters. The van der Waals surface area contributed by atoms with Crippen LogP contribution in [0.1, 0.15) is 11.1 Å². The molecule has 1 saturated heterocycles. The van der Waals surface area contributed by atoms with Crippen molar-refractivity contribution >= 4 is 0 Å². The van der Waals surface area contributed by atoms with Crippen molar-refractivity contribution in [3.63, 3.8) is 0 Å². The Morgan fingerprint density at radius 2 is 2.22 bits per heavy atom. The van der Waals surface area contributed by atoms with Crippen molar-refractivity contribution in [2.75, 3.05) is 19.7 Å². The van der Waals surface area contributed by atoms with Crippen molar-refractivity contribution in [2.24, 2.45) is 0 Å². The van der Waals surface area contributed by atoms with Crippen LogP contribution in [-0.4, -0.2) is 37.1 Å². The number of ether oxygens (including phenoxy) is 1. The van der Waals surface area contributed by atoms with Crippen LogP contribution in [0.2, 0.25) is 0 Å². The molecule has 1 aliphatic rings. The second-order valence-electron chi connectivity index (χ2n) is 4.57. The van der Waals surface area contributed by atoms with Gasteiger partial charge in [0.05, 0.1) is 6.61 Å². The van der Waals surface area contributed by atoms with Crippen LogP contribution >= 0.6 is 0 Å². The second kappa shape index (κ2) is 5.71. The number of halogens is 3. The third-order valence-electron chi connectivity index (χ3n) is 3.05. The van der Waals surface area contributed by atoms with E-state index in [0.717, 1.165) is 5.56 Å². The van der Waals surface area contributed by atoms with E-state index in [1.807, 2.05) is 6.92 Å². The zero-order valence-electron chi connectivity index (χ0n) is 10.2. The molecule has 0 saturated carbocycles. The average Bonchev–Trinajstić information content (AvgIpc) is 2.34. The lowest BCUT2D eigenvalue weighted by atomic mass is 10.1. The Labute approximate surface area is 104 Å². The molecular weight excluding hydrogens is 243 g/mol. The Morgan fingerprint density at radius 3 is 2.94 bits per heavy atom. The van der Waals surface area contributed by atoms with E-state index in [-0.39, 0.29) is 19.0 Å². The third kappa shape index (κ3) is 3.23. The summed E-state index contributed by atoms with van der Waals surface area (Å²) >= 11 is 0. The Hall–Kier alpha value is -1.07. The molecule has 5 heteroatoms. The number of hydrogen-bond acceptors (Lipinski definition) is 2. The highest BCUT2D eigenvalue weighted by atomic mass is 19.3. The second-order valence-corrected chi connectivity index (χ2v) is 4.57. The van der Waals surface area contributed by atoms with Crippen LogP contribution in [0.25, 0.3) is 0 Å². The molecule has 0 bridgehead atoms. The van der Waals surface area contributed by atoms with Crippen LogP contribution in [0.15, 0.2) is 18.2 Å². The van der Waals surface area contributed by atoms with E-state index in [1.54, 1.807) is 17.0 Å². The number of morpholine rings is 1. The SMILES string of the molecule is Cc1ccc(F)c(CN2CCOC(C(F)F)C2)c1. The lowest BCUT2D eigenvalue weighted by Crippen LogP contribution is -2.45. The summed E-state index contributed by atoms with van der Waals surface area (Å²) in [7, 11) is 0. The summed E-state index contributed by atoms with van der Waals surface area (Å²) < 4.78 is 43.7. The molecule has 0 aliphatic carbocycles. The van der Waals surface area contributed by atoms with Gasteiger partial charge in [0.25, 0.3) is 6.43 Å². The van der Waals surface area contributed by atoms with E-state index in [9.17, 15) is 13.2 Å². The van der Waals surface area contributed by atoms with Crippen LogP contribution in [0.3, 0.4) is 0 Å². The number of aryl methyl sites for hydroxylation is 1. The molecule has 1 heterocycles. The smallest absolute Gasteiger partial charge is 0.265 e. The minimum atomic E-state index is -2.49. The summed E-state index contributed by atoms with van der Waals surface area (Å²) in [5, 5.41) is 0. The molecule has 1 atom stereocenters. The fraction of sp³-hybridized carbons (Fsp3) is 0.538. The van der Waals surface area contributed by atoms with Crippen LogP contribution in [0.4, 0.5) is 13.2 Å². The molecule has 1 aromatic carbocycles. The topological polar surface area (TPSA) is 12.5 Å². The Kier molecular flexibility index (Phi) is 4.24. The predicted molar refractivity (Wildman–Crippen MR) is 62.2 cm³/mol. The average molecular weight is 259 g/mol. The summed E-state index contributed by atoms with van der Waals surface area (Å²) in [6.07, 6.45) is -3.55. The van der Waals surface area contributed by atoms with Crippen molar-refractivity contribution < 1.29 is 17.9 Å². The minimum Gasteiger partial charge on any atom is -0.370 e. The Balaban J connectivity index is 2.02. The molecule has 0 N–H and O–H groups in total. The fourth-order valence-corrected chi connectivity index (χ4v) is 2.09. The highest BCUT2D eigenvalue weighted by molar-refractivity contribution is 5.24. The van der Waals surface area contributed by atoms with Crippen molar-refractivity contribution in [1.29, 1.82) is 0 Å². The number of alkyl halides is 2. The zero-order valence-corrected chi connectivity index (χ0v) is 10.2. The van der Waals surface area contributed by atoms with Gasteiger partial charge in [-0.3, -0.25) is 4.90 Å². The summed E-state index contributed by atoms with van der Waals surface area (Å²) in [6, 6.07) is 4.86. The summed E-state index contributed by atoms with van der Waals surface area (Å²) in [4.78, 5) is 1.80. The molecule has 0 radical (unpaired) electrons. The van der Waals surface area contributed by atoms with Crippen molar-refractivity contribution in [3.05, 3.63) is 35.1 Å². The number of nitrogens with zero attached hydrogens (tertiary/aromatic N) is 1. The van der Waals surface area contributed by atoms with Crippen LogP contribution in [-0.2, 0) is 11.3 Å². The van der Waals surface area contributed by atoms with Gasteiger partial charge in [-0.1, -0.05) is 17.7 Å². The van der Waals surface area contributed by atoms with E-state index in [4.69, 9.17) is 4.74 Å². The Morgan fingerprint density at radius 1 is 1.44 bits per heavy atom. The van der Waals surface area contributed by atoms with Gasteiger partial charge in [0.2, 0.25) is 0 Å². The van der Waals surface area contributed by atoms with Gasteiger partial charge in [-0.25, -0.2) is 13.2 Å². The van der Waals surface area contributed by atoms with Gasteiger partial charge in [-0.2, -0.15) is 0 Å². The molecule has 0 amide bonds. The van der Waals surface area contributed by atoms with Gasteiger partial charge in [-0.15, -0.1) is 0 Å². The third-order valence-corrected chi connectivity index (χ3v) is 3.05. The summed E-state index contributed by atoms with van der Waals surface area (Å²) in [5.41, 5.74) is 1.51. The lowest BCUT2D eigenvalue weighted by Gasteiger charge is -2.32. The zero-order chi connectivity index (χ0) is 13.1. The maximum absolute atomic E-state index is 13.6. The highest BCUT2D eigenvalue weighted by Crippen LogP contribution is 2.17. The monoisotopic (exact) mass is 259 g/mol. The number of hydrogen-bond donors (Lipinski definition) is 0. The molecule has 100 valence electrons. The molecule has 2 nitrogen and oxygen atoms in total. The minimum absolute atomic E-state index is 0.144. The van der Waals surface area contributed by atoms with Crippen LogP contribution < -0.4 is 0 Å². The van der Waals surface area contributed by atoms with E-state index in [0.29, 0.717) is 18.7 Å². The van der Waals surface area contributed by atoms with E-state index >= 15 is 0 Å². The first-order valence-electron chi connectivity index (χ1n) is 5.93. The molecule has 1 fully saturated rings. The van der Waals surface area contributed by atoms with Gasteiger partial charge in [0.15, 0.2) is 0 Å². The molecule has 0 aromatic heterocycles. The van der Waals surface area contributed by atoms with E-state index in [1.165, 1.54) is 6.07 Å². The van der Waals surface area contributed by atoms with Gasteiger partial charge in [0.1, 0.15) is 11.9 Å². The molecular formula is C13H16F3NO. The number of rotatable bonds is 3. The molecule has 2 rings (SSSR count). The standard InChI is InChI=1S/C13H16F3NO/c1-9-2-3-11(14)10(6-9)7-17-4-5-18-12(8-17)13(15)16/h2-3,6,12-13H,4-5,7-8H2,1H3.